The van der Waals surface area contributed by atoms with Gasteiger partial charge in [0, 0.05) is 13.1 Å². The first kappa shape index (κ1) is 18.7. The number of hydrogen-bond donors (Lipinski definition) is 1. The van der Waals surface area contributed by atoms with Gasteiger partial charge in [0.15, 0.2) is 5.65 Å². The molecule has 0 aliphatic carbocycles. The fourth-order valence-corrected chi connectivity index (χ4v) is 2.82. The third-order valence-electron chi connectivity index (χ3n) is 4.16. The SMILES string of the molecule is CCn1c(=O)c2[nH]c(/C=C/c3cccc(C(F)(F)F)c3)nc2n(CC)c1=O. The van der Waals surface area contributed by atoms with Gasteiger partial charge in [-0.3, -0.25) is 13.9 Å². The van der Waals surface area contributed by atoms with Gasteiger partial charge in [-0.2, -0.15) is 13.2 Å². The number of aromatic amines is 1. The average molecular weight is 378 g/mol. The molecular formula is C18H17F3N4O2. The van der Waals surface area contributed by atoms with Crippen molar-refractivity contribution in [3.05, 3.63) is 62.1 Å². The van der Waals surface area contributed by atoms with E-state index in [1.54, 1.807) is 13.8 Å². The van der Waals surface area contributed by atoms with Crippen molar-refractivity contribution in [1.82, 2.24) is 19.1 Å². The summed E-state index contributed by atoms with van der Waals surface area (Å²) in [6, 6.07) is 4.85. The van der Waals surface area contributed by atoms with Crippen LogP contribution in [0.5, 0.6) is 0 Å². The van der Waals surface area contributed by atoms with Crippen molar-refractivity contribution in [2.45, 2.75) is 33.1 Å². The highest BCUT2D eigenvalue weighted by Gasteiger charge is 2.30. The number of alkyl halides is 3. The number of aromatic nitrogens is 4. The molecule has 0 unspecified atom stereocenters. The van der Waals surface area contributed by atoms with Crippen LogP contribution in [0.15, 0.2) is 33.9 Å². The Kier molecular flexibility index (Phi) is 4.77. The topological polar surface area (TPSA) is 72.7 Å². The molecule has 142 valence electrons. The fraction of sp³-hybridized carbons (Fsp3) is 0.278. The summed E-state index contributed by atoms with van der Waals surface area (Å²) in [7, 11) is 0. The van der Waals surface area contributed by atoms with Crippen LogP contribution < -0.4 is 11.2 Å². The molecule has 1 N–H and O–H groups in total. The van der Waals surface area contributed by atoms with Gasteiger partial charge in [0.25, 0.3) is 5.56 Å². The summed E-state index contributed by atoms with van der Waals surface area (Å²) in [5, 5.41) is 0. The molecule has 0 atom stereocenters. The number of nitrogens with zero attached hydrogens (tertiary/aromatic N) is 3. The standard InChI is InChI=1S/C18H17F3N4O2/c1-3-24-15-14(16(26)25(4-2)17(24)27)22-13(23-15)9-8-11-6-5-7-12(10-11)18(19,20)21/h5-10H,3-4H2,1-2H3,(H,22,23)/b9-8+. The van der Waals surface area contributed by atoms with Crippen LogP contribution in [0.25, 0.3) is 23.3 Å². The van der Waals surface area contributed by atoms with Crippen molar-refractivity contribution in [2.75, 3.05) is 0 Å². The molecular weight excluding hydrogens is 361 g/mol. The summed E-state index contributed by atoms with van der Waals surface area (Å²) in [5.41, 5.74) is -0.933. The molecule has 0 radical (unpaired) electrons. The van der Waals surface area contributed by atoms with Crippen LogP contribution >= 0.6 is 0 Å². The summed E-state index contributed by atoms with van der Waals surface area (Å²) in [5.74, 6) is 0.273. The van der Waals surface area contributed by atoms with Gasteiger partial charge >= 0.3 is 11.9 Å². The number of H-pyrrole nitrogens is 1. The minimum Gasteiger partial charge on any atom is -0.333 e. The molecule has 0 aliphatic rings. The van der Waals surface area contributed by atoms with E-state index < -0.39 is 23.0 Å². The Morgan fingerprint density at radius 2 is 1.81 bits per heavy atom. The number of imidazole rings is 1. The van der Waals surface area contributed by atoms with Gasteiger partial charge in [0.1, 0.15) is 11.3 Å². The van der Waals surface area contributed by atoms with Crippen molar-refractivity contribution in [3.63, 3.8) is 0 Å². The maximum atomic E-state index is 12.8. The van der Waals surface area contributed by atoms with Crippen LogP contribution in [-0.4, -0.2) is 19.1 Å². The average Bonchev–Trinajstić information content (AvgIpc) is 3.05. The normalized spacial score (nSPS) is 12.3. The van der Waals surface area contributed by atoms with E-state index >= 15 is 0 Å². The van der Waals surface area contributed by atoms with E-state index in [2.05, 4.69) is 9.97 Å². The Labute approximate surface area is 151 Å². The highest BCUT2D eigenvalue weighted by atomic mass is 19.4. The van der Waals surface area contributed by atoms with E-state index in [1.807, 2.05) is 0 Å². The van der Waals surface area contributed by atoms with Gasteiger partial charge in [0.2, 0.25) is 0 Å². The van der Waals surface area contributed by atoms with E-state index in [1.165, 1.54) is 28.9 Å². The van der Waals surface area contributed by atoms with Crippen molar-refractivity contribution >= 4 is 23.3 Å². The minimum atomic E-state index is -4.42. The number of nitrogens with one attached hydrogen (secondary N) is 1. The van der Waals surface area contributed by atoms with Crippen LogP contribution in [0.1, 0.15) is 30.8 Å². The second-order valence-corrected chi connectivity index (χ2v) is 5.85. The van der Waals surface area contributed by atoms with E-state index in [4.69, 9.17) is 0 Å². The Bertz CT molecular complexity index is 1140. The molecule has 9 heteroatoms. The first-order valence-corrected chi connectivity index (χ1v) is 8.35. The van der Waals surface area contributed by atoms with E-state index in [0.29, 0.717) is 12.1 Å². The zero-order chi connectivity index (χ0) is 19.8. The Hall–Kier alpha value is -3.10. The van der Waals surface area contributed by atoms with Crippen molar-refractivity contribution in [1.29, 1.82) is 0 Å². The lowest BCUT2D eigenvalue weighted by Gasteiger charge is -2.06. The number of halogens is 3. The lowest BCUT2D eigenvalue weighted by molar-refractivity contribution is -0.137. The largest absolute Gasteiger partial charge is 0.416 e. The van der Waals surface area contributed by atoms with Crippen LogP contribution in [-0.2, 0) is 19.3 Å². The number of fused-ring (bicyclic) bond motifs is 1. The predicted molar refractivity (Wildman–Crippen MR) is 96.3 cm³/mol. The van der Waals surface area contributed by atoms with Gasteiger partial charge in [-0.1, -0.05) is 18.2 Å². The zero-order valence-electron chi connectivity index (χ0n) is 14.7. The Morgan fingerprint density at radius 1 is 1.11 bits per heavy atom. The van der Waals surface area contributed by atoms with Gasteiger partial charge in [0.05, 0.1) is 5.56 Å². The van der Waals surface area contributed by atoms with Crippen LogP contribution in [0, 0.1) is 0 Å². The monoisotopic (exact) mass is 378 g/mol. The highest BCUT2D eigenvalue weighted by Crippen LogP contribution is 2.29. The van der Waals surface area contributed by atoms with E-state index in [-0.39, 0.29) is 23.5 Å². The molecule has 6 nitrogen and oxygen atoms in total. The fourth-order valence-electron chi connectivity index (χ4n) is 2.82. The summed E-state index contributed by atoms with van der Waals surface area (Å²) >= 11 is 0. The molecule has 0 saturated heterocycles. The molecule has 1 aromatic carbocycles. The number of hydrogen-bond acceptors (Lipinski definition) is 3. The second kappa shape index (κ2) is 6.90. The van der Waals surface area contributed by atoms with Gasteiger partial charge in [-0.15, -0.1) is 0 Å². The lowest BCUT2D eigenvalue weighted by Crippen LogP contribution is -2.39. The summed E-state index contributed by atoms with van der Waals surface area (Å²) in [6.07, 6.45) is -1.50. The van der Waals surface area contributed by atoms with Crippen molar-refractivity contribution in [2.24, 2.45) is 0 Å². The van der Waals surface area contributed by atoms with Crippen LogP contribution in [0.3, 0.4) is 0 Å². The Balaban J connectivity index is 2.07. The summed E-state index contributed by atoms with van der Waals surface area (Å²) < 4.78 is 40.9. The van der Waals surface area contributed by atoms with Crippen molar-refractivity contribution in [3.8, 4) is 0 Å². The van der Waals surface area contributed by atoms with Gasteiger partial charge in [-0.05, 0) is 37.6 Å². The molecule has 3 aromatic rings. The van der Waals surface area contributed by atoms with E-state index in [9.17, 15) is 22.8 Å². The first-order valence-electron chi connectivity index (χ1n) is 8.35. The molecule has 0 amide bonds. The Morgan fingerprint density at radius 3 is 2.44 bits per heavy atom. The molecule has 0 fully saturated rings. The molecule has 2 aromatic heterocycles. The van der Waals surface area contributed by atoms with Gasteiger partial charge in [-0.25, -0.2) is 9.78 Å². The van der Waals surface area contributed by atoms with Crippen molar-refractivity contribution < 1.29 is 13.2 Å². The van der Waals surface area contributed by atoms with E-state index in [0.717, 1.165) is 16.7 Å². The van der Waals surface area contributed by atoms with Crippen LogP contribution in [0.2, 0.25) is 0 Å². The van der Waals surface area contributed by atoms with Crippen LogP contribution in [0.4, 0.5) is 13.2 Å². The smallest absolute Gasteiger partial charge is 0.333 e. The maximum Gasteiger partial charge on any atom is 0.416 e. The second-order valence-electron chi connectivity index (χ2n) is 5.85. The number of aryl methyl sites for hydroxylation is 1. The first-order chi connectivity index (χ1) is 12.8. The molecule has 0 aliphatic heterocycles. The zero-order valence-corrected chi connectivity index (χ0v) is 14.7. The molecule has 0 spiro atoms. The number of rotatable bonds is 4. The maximum absolute atomic E-state index is 12.8. The third-order valence-corrected chi connectivity index (χ3v) is 4.16. The summed E-state index contributed by atoms with van der Waals surface area (Å²) in [4.78, 5) is 31.8. The lowest BCUT2D eigenvalue weighted by atomic mass is 10.1. The highest BCUT2D eigenvalue weighted by molar-refractivity contribution is 5.75. The summed E-state index contributed by atoms with van der Waals surface area (Å²) in [6.45, 7) is 4.01. The minimum absolute atomic E-state index is 0.182. The molecule has 0 saturated carbocycles. The predicted octanol–water partition coefficient (Wildman–Crippen LogP) is 3.12. The molecule has 2 heterocycles. The molecule has 0 bridgehead atoms. The molecule has 27 heavy (non-hydrogen) atoms. The molecule has 3 rings (SSSR count). The number of benzene rings is 1. The third kappa shape index (κ3) is 3.44. The van der Waals surface area contributed by atoms with Gasteiger partial charge < -0.3 is 4.98 Å². The quantitative estimate of drug-likeness (QED) is 0.758.